The molecule has 0 aliphatic carbocycles. The predicted molar refractivity (Wildman–Crippen MR) is 124 cm³/mol. The van der Waals surface area contributed by atoms with Gasteiger partial charge in [0.1, 0.15) is 17.3 Å². The highest BCUT2D eigenvalue weighted by atomic mass is 32.1. The number of thiophene rings is 1. The zero-order valence-electron chi connectivity index (χ0n) is 17.7. The van der Waals surface area contributed by atoms with Gasteiger partial charge in [-0.25, -0.2) is 9.18 Å². The molecule has 1 amide bonds. The lowest BCUT2D eigenvalue weighted by Gasteiger charge is -2.18. The summed E-state index contributed by atoms with van der Waals surface area (Å²) in [6.07, 6.45) is 2.27. The monoisotopic (exact) mass is 468 g/mol. The van der Waals surface area contributed by atoms with E-state index >= 15 is 0 Å². The van der Waals surface area contributed by atoms with Crippen molar-refractivity contribution in [1.82, 2.24) is 14.9 Å². The summed E-state index contributed by atoms with van der Waals surface area (Å²) < 4.78 is 25.4. The van der Waals surface area contributed by atoms with Crippen LogP contribution in [0.4, 0.5) is 14.9 Å². The molecule has 3 aromatic heterocycles. The Bertz CT molecular complexity index is 1280. The molecule has 0 radical (unpaired) electrons. The smallest absolute Gasteiger partial charge is 0.407 e. The van der Waals surface area contributed by atoms with Gasteiger partial charge in [-0.2, -0.15) is 0 Å². The van der Waals surface area contributed by atoms with Gasteiger partial charge in [-0.05, 0) is 29.8 Å². The van der Waals surface area contributed by atoms with Crippen LogP contribution in [0.15, 0.2) is 54.9 Å². The van der Waals surface area contributed by atoms with Crippen LogP contribution in [0.1, 0.15) is 5.56 Å². The molecule has 4 aromatic rings. The number of nitrogen functional groups attached to an aromatic ring is 1. The fraction of sp³-hybridized carbons (Fsp3) is 0.174. The number of carboxylic acid groups (broad SMARTS) is 1. The lowest BCUT2D eigenvalue weighted by Crippen LogP contribution is -2.32. The Morgan fingerprint density at radius 1 is 1.21 bits per heavy atom. The number of hydrogen-bond donors (Lipinski definition) is 2. The number of amides is 1. The number of nitrogens with two attached hydrogens (primary N) is 1. The molecule has 33 heavy (non-hydrogen) atoms. The van der Waals surface area contributed by atoms with Crippen molar-refractivity contribution in [1.29, 1.82) is 0 Å². The highest BCUT2D eigenvalue weighted by Crippen LogP contribution is 2.38. The van der Waals surface area contributed by atoms with Crippen molar-refractivity contribution >= 4 is 33.3 Å². The minimum absolute atomic E-state index is 0.0559. The summed E-state index contributed by atoms with van der Waals surface area (Å²) in [4.78, 5) is 22.4. The first-order chi connectivity index (χ1) is 15.9. The molecule has 8 nitrogen and oxygen atoms in total. The standard InChI is InChI=1S/C23H21FN4O4S/c1-31-9-8-28(23(29)30)13-14-2-5-18(27-12-14)21-11-19-22(33-21)20(6-7-26-19)32-15-3-4-17(25)16(24)10-15/h2-7,10-12H,8-9,13,25H2,1H3,(H,29,30). The van der Waals surface area contributed by atoms with E-state index in [1.54, 1.807) is 24.5 Å². The summed E-state index contributed by atoms with van der Waals surface area (Å²) in [6.45, 7) is 0.812. The molecule has 0 saturated heterocycles. The first-order valence-corrected chi connectivity index (χ1v) is 10.8. The van der Waals surface area contributed by atoms with Gasteiger partial charge in [-0.3, -0.25) is 9.97 Å². The van der Waals surface area contributed by atoms with E-state index in [0.717, 1.165) is 26.4 Å². The van der Waals surface area contributed by atoms with E-state index in [0.29, 0.717) is 18.1 Å². The third-order valence-corrected chi connectivity index (χ3v) is 6.02. The van der Waals surface area contributed by atoms with Crippen molar-refractivity contribution < 1.29 is 23.8 Å². The average molecular weight is 469 g/mol. The lowest BCUT2D eigenvalue weighted by molar-refractivity contribution is 0.115. The Morgan fingerprint density at radius 3 is 2.76 bits per heavy atom. The number of benzene rings is 1. The van der Waals surface area contributed by atoms with Crippen LogP contribution < -0.4 is 10.5 Å². The minimum atomic E-state index is -1.01. The number of carbonyl (C=O) groups is 1. The van der Waals surface area contributed by atoms with Crippen LogP contribution in [-0.4, -0.2) is 46.3 Å². The summed E-state index contributed by atoms with van der Waals surface area (Å²) in [7, 11) is 1.53. The molecule has 0 saturated carbocycles. The number of methoxy groups -OCH3 is 1. The van der Waals surface area contributed by atoms with Gasteiger partial charge >= 0.3 is 6.09 Å². The highest BCUT2D eigenvalue weighted by Gasteiger charge is 2.14. The molecule has 10 heteroatoms. The first-order valence-electron chi connectivity index (χ1n) is 9.98. The number of anilines is 1. The summed E-state index contributed by atoms with van der Waals surface area (Å²) in [5.74, 6) is 0.341. The van der Waals surface area contributed by atoms with E-state index in [4.69, 9.17) is 15.2 Å². The van der Waals surface area contributed by atoms with Gasteiger partial charge in [0.25, 0.3) is 0 Å². The Kier molecular flexibility index (Phi) is 6.66. The maximum atomic E-state index is 13.8. The van der Waals surface area contributed by atoms with Crippen LogP contribution in [0.5, 0.6) is 11.5 Å². The first kappa shape index (κ1) is 22.4. The Morgan fingerprint density at radius 2 is 2.06 bits per heavy atom. The van der Waals surface area contributed by atoms with Gasteiger partial charge < -0.3 is 25.2 Å². The second kappa shape index (κ2) is 9.80. The van der Waals surface area contributed by atoms with Crippen molar-refractivity contribution in [3.63, 3.8) is 0 Å². The number of fused-ring (bicyclic) bond motifs is 1. The maximum absolute atomic E-state index is 13.8. The zero-order chi connectivity index (χ0) is 23.4. The normalized spacial score (nSPS) is 11.0. The van der Waals surface area contributed by atoms with Crippen LogP contribution in [0.25, 0.3) is 20.8 Å². The van der Waals surface area contributed by atoms with Crippen LogP contribution in [0, 0.1) is 5.82 Å². The largest absolute Gasteiger partial charge is 0.465 e. The zero-order valence-corrected chi connectivity index (χ0v) is 18.5. The highest BCUT2D eigenvalue weighted by molar-refractivity contribution is 7.22. The topological polar surface area (TPSA) is 111 Å². The van der Waals surface area contributed by atoms with E-state index in [9.17, 15) is 14.3 Å². The Balaban J connectivity index is 1.55. The molecular formula is C23H21FN4O4S. The number of hydrogen-bond acceptors (Lipinski definition) is 7. The number of ether oxygens (including phenoxy) is 2. The fourth-order valence-corrected chi connectivity index (χ4v) is 4.19. The molecule has 0 unspecified atom stereocenters. The summed E-state index contributed by atoms with van der Waals surface area (Å²) in [5, 5.41) is 9.34. The number of rotatable bonds is 8. The van der Waals surface area contributed by atoms with E-state index < -0.39 is 11.9 Å². The van der Waals surface area contributed by atoms with Crippen molar-refractivity contribution in [2.24, 2.45) is 0 Å². The molecule has 0 aliphatic heterocycles. The van der Waals surface area contributed by atoms with Crippen molar-refractivity contribution in [3.8, 4) is 22.1 Å². The minimum Gasteiger partial charge on any atom is -0.465 e. The number of pyridine rings is 2. The fourth-order valence-electron chi connectivity index (χ4n) is 3.15. The lowest BCUT2D eigenvalue weighted by atomic mass is 10.2. The SMILES string of the molecule is COCCN(Cc1ccc(-c2cc3nccc(Oc4ccc(N)c(F)c4)c3s2)nc1)C(=O)O. The van der Waals surface area contributed by atoms with Gasteiger partial charge in [0.15, 0.2) is 0 Å². The molecule has 0 spiro atoms. The van der Waals surface area contributed by atoms with Gasteiger partial charge in [-0.15, -0.1) is 11.3 Å². The quantitative estimate of drug-likeness (QED) is 0.350. The van der Waals surface area contributed by atoms with Crippen LogP contribution in [-0.2, 0) is 11.3 Å². The number of halogens is 1. The molecule has 3 N–H and O–H groups in total. The van der Waals surface area contributed by atoms with Crippen LogP contribution in [0.3, 0.4) is 0 Å². The second-order valence-electron chi connectivity index (χ2n) is 7.17. The summed E-state index contributed by atoms with van der Waals surface area (Å²) in [5.41, 5.74) is 7.81. The van der Waals surface area contributed by atoms with E-state index in [-0.39, 0.29) is 18.8 Å². The number of aromatic nitrogens is 2. The molecule has 170 valence electrons. The summed E-state index contributed by atoms with van der Waals surface area (Å²) >= 11 is 1.45. The molecule has 0 aliphatic rings. The van der Waals surface area contributed by atoms with Crippen molar-refractivity contribution in [3.05, 3.63) is 66.2 Å². The van der Waals surface area contributed by atoms with E-state index in [2.05, 4.69) is 9.97 Å². The Labute approximate surface area is 193 Å². The van der Waals surface area contributed by atoms with Crippen LogP contribution in [0.2, 0.25) is 0 Å². The third kappa shape index (κ3) is 5.18. The predicted octanol–water partition coefficient (Wildman–Crippen LogP) is 5.00. The Hall–Kier alpha value is -3.76. The second-order valence-corrected chi connectivity index (χ2v) is 8.22. The number of nitrogens with zero attached hydrogens (tertiary/aromatic N) is 3. The molecule has 1 aromatic carbocycles. The van der Waals surface area contributed by atoms with E-state index in [1.807, 2.05) is 18.2 Å². The molecule has 0 bridgehead atoms. The molecule has 4 rings (SSSR count). The molecule has 0 atom stereocenters. The third-order valence-electron chi connectivity index (χ3n) is 4.86. The van der Waals surface area contributed by atoms with Crippen molar-refractivity contribution in [2.45, 2.75) is 6.54 Å². The molecule has 0 fully saturated rings. The van der Waals surface area contributed by atoms with Gasteiger partial charge in [0.05, 0.1) is 39.6 Å². The summed E-state index contributed by atoms with van der Waals surface area (Å²) in [6, 6.07) is 11.6. The molecular weight excluding hydrogens is 447 g/mol. The van der Waals surface area contributed by atoms with Crippen molar-refractivity contribution in [2.75, 3.05) is 26.0 Å². The van der Waals surface area contributed by atoms with Gasteiger partial charge in [0.2, 0.25) is 0 Å². The molecule has 3 heterocycles. The van der Waals surface area contributed by atoms with E-state index in [1.165, 1.54) is 35.5 Å². The maximum Gasteiger partial charge on any atom is 0.407 e. The van der Waals surface area contributed by atoms with Gasteiger partial charge in [-0.1, -0.05) is 6.07 Å². The average Bonchev–Trinajstić information content (AvgIpc) is 3.25. The van der Waals surface area contributed by atoms with Crippen LogP contribution >= 0.6 is 11.3 Å². The van der Waals surface area contributed by atoms with Gasteiger partial charge in [0, 0.05) is 38.2 Å².